The summed E-state index contributed by atoms with van der Waals surface area (Å²) in [6, 6.07) is 3.29. The standard InChI is InChI=1S/C12H9F2N3O/c13-9-2-1-7(10(14)4-9)3-11-16-5-8(6-17-11)12(15)18/h1-2,4-6H,3H2,(H2,15,18). The van der Waals surface area contributed by atoms with Crippen LogP contribution in [0.5, 0.6) is 0 Å². The van der Waals surface area contributed by atoms with E-state index in [1.807, 2.05) is 0 Å². The molecule has 2 rings (SSSR count). The lowest BCUT2D eigenvalue weighted by Gasteiger charge is -2.02. The van der Waals surface area contributed by atoms with Gasteiger partial charge in [0, 0.05) is 24.9 Å². The number of carbonyl (C=O) groups is 1. The summed E-state index contributed by atoms with van der Waals surface area (Å²) in [6.45, 7) is 0. The van der Waals surface area contributed by atoms with Crippen molar-refractivity contribution in [3.8, 4) is 0 Å². The van der Waals surface area contributed by atoms with Crippen LogP contribution in [0.3, 0.4) is 0 Å². The molecule has 0 aliphatic rings. The number of rotatable bonds is 3. The van der Waals surface area contributed by atoms with Gasteiger partial charge >= 0.3 is 0 Å². The lowest BCUT2D eigenvalue weighted by Crippen LogP contribution is -2.12. The van der Waals surface area contributed by atoms with E-state index in [0.29, 0.717) is 5.82 Å². The first-order valence-corrected chi connectivity index (χ1v) is 5.11. The molecule has 0 spiro atoms. The van der Waals surface area contributed by atoms with Gasteiger partial charge in [-0.3, -0.25) is 4.79 Å². The van der Waals surface area contributed by atoms with Crippen LogP contribution in [0.25, 0.3) is 0 Å². The van der Waals surface area contributed by atoms with E-state index in [2.05, 4.69) is 9.97 Å². The monoisotopic (exact) mass is 249 g/mol. The van der Waals surface area contributed by atoms with Crippen LogP contribution in [0.4, 0.5) is 8.78 Å². The van der Waals surface area contributed by atoms with E-state index >= 15 is 0 Å². The van der Waals surface area contributed by atoms with Crippen LogP contribution >= 0.6 is 0 Å². The smallest absolute Gasteiger partial charge is 0.251 e. The van der Waals surface area contributed by atoms with Gasteiger partial charge in [0.1, 0.15) is 17.5 Å². The quantitative estimate of drug-likeness (QED) is 0.894. The van der Waals surface area contributed by atoms with Crippen molar-refractivity contribution in [1.29, 1.82) is 0 Å². The molecule has 0 aliphatic heterocycles. The molecule has 0 saturated carbocycles. The second kappa shape index (κ2) is 4.87. The van der Waals surface area contributed by atoms with E-state index in [4.69, 9.17) is 5.73 Å². The zero-order valence-electron chi connectivity index (χ0n) is 9.23. The molecule has 6 heteroatoms. The lowest BCUT2D eigenvalue weighted by molar-refractivity contribution is 0.0999. The Hall–Kier alpha value is -2.37. The highest BCUT2D eigenvalue weighted by atomic mass is 19.1. The van der Waals surface area contributed by atoms with Crippen LogP contribution in [0.15, 0.2) is 30.6 Å². The third-order valence-corrected chi connectivity index (χ3v) is 2.35. The van der Waals surface area contributed by atoms with Crippen molar-refractivity contribution in [2.45, 2.75) is 6.42 Å². The zero-order valence-corrected chi connectivity index (χ0v) is 9.23. The fourth-order valence-corrected chi connectivity index (χ4v) is 1.41. The largest absolute Gasteiger partial charge is 0.366 e. The van der Waals surface area contributed by atoms with E-state index in [0.717, 1.165) is 12.1 Å². The van der Waals surface area contributed by atoms with Gasteiger partial charge in [0.05, 0.1) is 5.56 Å². The molecule has 0 fully saturated rings. The molecule has 0 radical (unpaired) electrons. The fourth-order valence-electron chi connectivity index (χ4n) is 1.41. The Morgan fingerprint density at radius 3 is 2.44 bits per heavy atom. The molecule has 1 heterocycles. The topological polar surface area (TPSA) is 68.9 Å². The molecular weight excluding hydrogens is 240 g/mol. The average molecular weight is 249 g/mol. The van der Waals surface area contributed by atoms with Gasteiger partial charge in [-0.15, -0.1) is 0 Å². The number of carbonyl (C=O) groups excluding carboxylic acids is 1. The number of hydrogen-bond acceptors (Lipinski definition) is 3. The number of primary amides is 1. The molecule has 0 bridgehead atoms. The summed E-state index contributed by atoms with van der Waals surface area (Å²) in [5.41, 5.74) is 5.50. The number of nitrogens with two attached hydrogens (primary N) is 1. The molecule has 4 nitrogen and oxygen atoms in total. The maximum absolute atomic E-state index is 13.4. The Kier molecular flexibility index (Phi) is 3.27. The highest BCUT2D eigenvalue weighted by Crippen LogP contribution is 2.12. The third-order valence-electron chi connectivity index (χ3n) is 2.35. The van der Waals surface area contributed by atoms with Crippen LogP contribution in [-0.4, -0.2) is 15.9 Å². The molecule has 1 aromatic heterocycles. The van der Waals surface area contributed by atoms with Gasteiger partial charge in [0.15, 0.2) is 0 Å². The van der Waals surface area contributed by atoms with Crippen molar-refractivity contribution >= 4 is 5.91 Å². The van der Waals surface area contributed by atoms with E-state index in [-0.39, 0.29) is 17.5 Å². The molecule has 2 N–H and O–H groups in total. The predicted octanol–water partition coefficient (Wildman–Crippen LogP) is 1.44. The van der Waals surface area contributed by atoms with Gasteiger partial charge in [-0.05, 0) is 11.6 Å². The molecule has 0 unspecified atom stereocenters. The van der Waals surface area contributed by atoms with Crippen LogP contribution in [0.2, 0.25) is 0 Å². The van der Waals surface area contributed by atoms with Crippen molar-refractivity contribution in [2.75, 3.05) is 0 Å². The Bertz CT molecular complexity index is 584. The second-order valence-corrected chi connectivity index (χ2v) is 3.66. The van der Waals surface area contributed by atoms with Crippen LogP contribution < -0.4 is 5.73 Å². The molecule has 0 atom stereocenters. The normalized spacial score (nSPS) is 10.3. The summed E-state index contributed by atoms with van der Waals surface area (Å²) in [5, 5.41) is 0. The van der Waals surface area contributed by atoms with E-state index in [9.17, 15) is 13.6 Å². The lowest BCUT2D eigenvalue weighted by atomic mass is 10.1. The summed E-state index contributed by atoms with van der Waals surface area (Å²) in [5.74, 6) is -1.60. The van der Waals surface area contributed by atoms with Gasteiger partial charge in [-0.1, -0.05) is 6.07 Å². The van der Waals surface area contributed by atoms with Crippen molar-refractivity contribution < 1.29 is 13.6 Å². The number of benzene rings is 1. The SMILES string of the molecule is NC(=O)c1cnc(Cc2ccc(F)cc2F)nc1. The van der Waals surface area contributed by atoms with Gasteiger partial charge in [-0.2, -0.15) is 0 Å². The number of halogens is 2. The highest BCUT2D eigenvalue weighted by Gasteiger charge is 2.07. The van der Waals surface area contributed by atoms with Gasteiger partial charge in [0.2, 0.25) is 0 Å². The van der Waals surface area contributed by atoms with Gasteiger partial charge in [-0.25, -0.2) is 18.7 Å². The molecule has 1 aromatic carbocycles. The van der Waals surface area contributed by atoms with E-state index < -0.39 is 17.5 Å². The zero-order chi connectivity index (χ0) is 13.1. The minimum absolute atomic E-state index is 0.116. The molecule has 1 amide bonds. The summed E-state index contributed by atoms with van der Waals surface area (Å²) in [6.07, 6.45) is 2.66. The molecule has 0 aliphatic carbocycles. The van der Waals surface area contributed by atoms with E-state index in [1.54, 1.807) is 0 Å². The van der Waals surface area contributed by atoms with Gasteiger partial charge < -0.3 is 5.73 Å². The minimum Gasteiger partial charge on any atom is -0.366 e. The van der Waals surface area contributed by atoms with E-state index in [1.165, 1.54) is 18.5 Å². The molecule has 18 heavy (non-hydrogen) atoms. The first kappa shape index (κ1) is 12.1. The third kappa shape index (κ3) is 2.65. The number of amides is 1. The predicted molar refractivity (Wildman–Crippen MR) is 59.7 cm³/mol. The first-order valence-electron chi connectivity index (χ1n) is 5.11. The van der Waals surface area contributed by atoms with Crippen LogP contribution in [-0.2, 0) is 6.42 Å². The summed E-state index contributed by atoms with van der Waals surface area (Å²) in [7, 11) is 0. The Labute approximate surface area is 101 Å². The molecular formula is C12H9F2N3O. The first-order chi connectivity index (χ1) is 8.56. The second-order valence-electron chi connectivity index (χ2n) is 3.66. The van der Waals surface area contributed by atoms with Gasteiger partial charge in [0.25, 0.3) is 5.91 Å². The number of hydrogen-bond donors (Lipinski definition) is 1. The number of aromatic nitrogens is 2. The maximum Gasteiger partial charge on any atom is 0.251 e. The van der Waals surface area contributed by atoms with Crippen molar-refractivity contribution in [3.05, 3.63) is 59.2 Å². The maximum atomic E-state index is 13.4. The summed E-state index contributed by atoms with van der Waals surface area (Å²) < 4.78 is 26.1. The highest BCUT2D eigenvalue weighted by molar-refractivity contribution is 5.92. The van der Waals surface area contributed by atoms with Crippen LogP contribution in [0.1, 0.15) is 21.7 Å². The Morgan fingerprint density at radius 1 is 1.22 bits per heavy atom. The van der Waals surface area contributed by atoms with Crippen LogP contribution in [0, 0.1) is 11.6 Å². The summed E-state index contributed by atoms with van der Waals surface area (Å²) >= 11 is 0. The molecule has 0 saturated heterocycles. The van der Waals surface area contributed by atoms with Crippen molar-refractivity contribution in [3.63, 3.8) is 0 Å². The Morgan fingerprint density at radius 2 is 1.89 bits per heavy atom. The molecule has 92 valence electrons. The fraction of sp³-hybridized carbons (Fsp3) is 0.0833. The average Bonchev–Trinajstić information content (AvgIpc) is 2.33. The number of nitrogens with zero attached hydrogens (tertiary/aromatic N) is 2. The summed E-state index contributed by atoms with van der Waals surface area (Å²) in [4.78, 5) is 18.6. The van der Waals surface area contributed by atoms with Crippen molar-refractivity contribution in [2.24, 2.45) is 5.73 Å². The van der Waals surface area contributed by atoms with Crippen molar-refractivity contribution in [1.82, 2.24) is 9.97 Å². The molecule has 2 aromatic rings. The minimum atomic E-state index is -0.655. The Balaban J connectivity index is 2.21.